The summed E-state index contributed by atoms with van der Waals surface area (Å²) in [5.41, 5.74) is 0. The van der Waals surface area contributed by atoms with E-state index in [1.807, 2.05) is 21.8 Å². The van der Waals surface area contributed by atoms with E-state index in [0.717, 1.165) is 19.5 Å². The quantitative estimate of drug-likeness (QED) is 0.817. The van der Waals surface area contributed by atoms with Gasteiger partial charge in [-0.05, 0) is 26.3 Å². The number of rotatable bonds is 5. The van der Waals surface area contributed by atoms with Crippen molar-refractivity contribution >= 4 is 5.91 Å². The number of nitrogens with zero attached hydrogens (tertiary/aromatic N) is 3. The lowest BCUT2D eigenvalue weighted by Gasteiger charge is -2.32. The van der Waals surface area contributed by atoms with Gasteiger partial charge >= 0.3 is 0 Å². The molecule has 94 valence electrons. The average Bonchev–Trinajstić information content (AvgIpc) is 2.75. The summed E-state index contributed by atoms with van der Waals surface area (Å²) in [5.74, 6) is 0.204. The molecule has 17 heavy (non-hydrogen) atoms. The summed E-state index contributed by atoms with van der Waals surface area (Å²) in [7, 11) is 0. The van der Waals surface area contributed by atoms with E-state index in [4.69, 9.17) is 0 Å². The van der Waals surface area contributed by atoms with Crippen molar-refractivity contribution in [1.29, 1.82) is 0 Å². The highest BCUT2D eigenvalue weighted by molar-refractivity contribution is 5.78. The molecule has 1 aliphatic heterocycles. The van der Waals surface area contributed by atoms with Gasteiger partial charge in [0.1, 0.15) is 0 Å². The molecule has 1 fully saturated rings. The van der Waals surface area contributed by atoms with Crippen molar-refractivity contribution in [3.63, 3.8) is 0 Å². The van der Waals surface area contributed by atoms with E-state index in [2.05, 4.69) is 24.3 Å². The Hall–Kier alpha value is -1.36. The molecule has 1 aromatic heterocycles. The van der Waals surface area contributed by atoms with E-state index in [-0.39, 0.29) is 18.0 Å². The SMILES string of the molecule is C[C@@H](NCC(=O)N1CCC1)[C@H](C)n1cccn1. The standard InChI is InChI=1S/C12H20N4O/c1-10(11(2)16-8-3-5-14-16)13-9-12(17)15-6-4-7-15/h3,5,8,10-11,13H,4,6-7,9H2,1-2H3/t10-,11+/m1/s1. The molecule has 1 N–H and O–H groups in total. The van der Waals surface area contributed by atoms with Gasteiger partial charge in [0.05, 0.1) is 12.6 Å². The Balaban J connectivity index is 1.76. The molecular weight excluding hydrogens is 216 g/mol. The molecule has 2 atom stereocenters. The van der Waals surface area contributed by atoms with Crippen LogP contribution in [-0.2, 0) is 4.79 Å². The number of carbonyl (C=O) groups is 1. The summed E-state index contributed by atoms with van der Waals surface area (Å²) in [5, 5.41) is 7.48. The summed E-state index contributed by atoms with van der Waals surface area (Å²) in [6.07, 6.45) is 4.86. The van der Waals surface area contributed by atoms with Crippen LogP contribution in [0, 0.1) is 0 Å². The van der Waals surface area contributed by atoms with Gasteiger partial charge in [-0.1, -0.05) is 0 Å². The molecule has 1 aromatic rings. The number of likely N-dealkylation sites (tertiary alicyclic amines) is 1. The Morgan fingerprint density at radius 3 is 2.76 bits per heavy atom. The van der Waals surface area contributed by atoms with Crippen LogP contribution < -0.4 is 5.32 Å². The van der Waals surface area contributed by atoms with Crippen LogP contribution in [0.5, 0.6) is 0 Å². The maximum atomic E-state index is 11.7. The van der Waals surface area contributed by atoms with Crippen LogP contribution in [0.4, 0.5) is 0 Å². The number of amides is 1. The van der Waals surface area contributed by atoms with E-state index in [1.165, 1.54) is 0 Å². The van der Waals surface area contributed by atoms with Crippen molar-refractivity contribution in [2.24, 2.45) is 0 Å². The van der Waals surface area contributed by atoms with Crippen LogP contribution in [0.1, 0.15) is 26.3 Å². The Morgan fingerprint density at radius 1 is 1.47 bits per heavy atom. The minimum atomic E-state index is 0.204. The summed E-state index contributed by atoms with van der Waals surface area (Å²) >= 11 is 0. The molecule has 0 spiro atoms. The largest absolute Gasteiger partial charge is 0.341 e. The van der Waals surface area contributed by atoms with Crippen molar-refractivity contribution in [1.82, 2.24) is 20.0 Å². The number of hydrogen-bond donors (Lipinski definition) is 1. The molecule has 1 aliphatic rings. The van der Waals surface area contributed by atoms with Gasteiger partial charge in [0.2, 0.25) is 5.91 Å². The normalized spacial score (nSPS) is 18.6. The number of hydrogen-bond acceptors (Lipinski definition) is 3. The average molecular weight is 236 g/mol. The molecule has 0 unspecified atom stereocenters. The predicted molar refractivity (Wildman–Crippen MR) is 65.6 cm³/mol. The molecule has 0 radical (unpaired) electrons. The van der Waals surface area contributed by atoms with Crippen molar-refractivity contribution in [3.05, 3.63) is 18.5 Å². The lowest BCUT2D eigenvalue weighted by molar-refractivity contribution is -0.133. The molecule has 0 saturated carbocycles. The fraction of sp³-hybridized carbons (Fsp3) is 0.667. The van der Waals surface area contributed by atoms with Gasteiger partial charge in [0.15, 0.2) is 0 Å². The minimum Gasteiger partial charge on any atom is -0.341 e. The first-order valence-electron chi connectivity index (χ1n) is 6.19. The second kappa shape index (κ2) is 5.31. The third-order valence-corrected chi connectivity index (χ3v) is 3.45. The van der Waals surface area contributed by atoms with Crippen molar-refractivity contribution < 1.29 is 4.79 Å². The fourth-order valence-electron chi connectivity index (χ4n) is 1.85. The van der Waals surface area contributed by atoms with E-state index in [1.54, 1.807) is 6.20 Å². The van der Waals surface area contributed by atoms with Crippen LogP contribution in [0.15, 0.2) is 18.5 Å². The maximum absolute atomic E-state index is 11.7. The second-order valence-electron chi connectivity index (χ2n) is 4.63. The molecule has 5 nitrogen and oxygen atoms in total. The van der Waals surface area contributed by atoms with Gasteiger partial charge in [-0.3, -0.25) is 9.48 Å². The number of carbonyl (C=O) groups excluding carboxylic acids is 1. The second-order valence-corrected chi connectivity index (χ2v) is 4.63. The first-order chi connectivity index (χ1) is 8.18. The number of nitrogens with one attached hydrogen (secondary N) is 1. The lowest BCUT2D eigenvalue weighted by Crippen LogP contribution is -2.48. The van der Waals surface area contributed by atoms with Gasteiger partial charge in [0, 0.05) is 31.5 Å². The van der Waals surface area contributed by atoms with Crippen molar-refractivity contribution in [3.8, 4) is 0 Å². The molecule has 1 amide bonds. The van der Waals surface area contributed by atoms with Crippen molar-refractivity contribution in [2.75, 3.05) is 19.6 Å². The fourth-order valence-corrected chi connectivity index (χ4v) is 1.85. The van der Waals surface area contributed by atoms with Crippen molar-refractivity contribution in [2.45, 2.75) is 32.4 Å². The molecule has 2 rings (SSSR count). The first-order valence-corrected chi connectivity index (χ1v) is 6.19. The Morgan fingerprint density at radius 2 is 2.24 bits per heavy atom. The number of aromatic nitrogens is 2. The zero-order chi connectivity index (χ0) is 12.3. The molecular formula is C12H20N4O. The van der Waals surface area contributed by atoms with Crippen LogP contribution in [-0.4, -0.2) is 46.3 Å². The Kier molecular flexibility index (Phi) is 3.78. The van der Waals surface area contributed by atoms with E-state index >= 15 is 0 Å². The van der Waals surface area contributed by atoms with Gasteiger partial charge in [-0.25, -0.2) is 0 Å². The highest BCUT2D eigenvalue weighted by Gasteiger charge is 2.21. The minimum absolute atomic E-state index is 0.204. The zero-order valence-corrected chi connectivity index (χ0v) is 10.5. The van der Waals surface area contributed by atoms with Gasteiger partial charge in [0.25, 0.3) is 0 Å². The predicted octanol–water partition coefficient (Wildman–Crippen LogP) is 0.654. The van der Waals surface area contributed by atoms with E-state index in [0.29, 0.717) is 6.54 Å². The maximum Gasteiger partial charge on any atom is 0.236 e. The highest BCUT2D eigenvalue weighted by Crippen LogP contribution is 2.09. The molecule has 2 heterocycles. The van der Waals surface area contributed by atoms with Gasteiger partial charge in [-0.2, -0.15) is 5.10 Å². The lowest BCUT2D eigenvalue weighted by atomic mass is 10.1. The zero-order valence-electron chi connectivity index (χ0n) is 10.5. The van der Waals surface area contributed by atoms with Crippen LogP contribution in [0.3, 0.4) is 0 Å². The Labute approximate surface area is 102 Å². The molecule has 0 bridgehead atoms. The molecule has 5 heteroatoms. The van der Waals surface area contributed by atoms with Crippen LogP contribution in [0.25, 0.3) is 0 Å². The summed E-state index contributed by atoms with van der Waals surface area (Å²) in [6.45, 7) is 6.44. The van der Waals surface area contributed by atoms with Crippen LogP contribution >= 0.6 is 0 Å². The monoisotopic (exact) mass is 236 g/mol. The summed E-state index contributed by atoms with van der Waals surface area (Å²) < 4.78 is 1.91. The first kappa shape index (κ1) is 12.1. The third kappa shape index (κ3) is 2.85. The Bertz CT molecular complexity index is 359. The molecule has 0 aromatic carbocycles. The van der Waals surface area contributed by atoms with Crippen LogP contribution in [0.2, 0.25) is 0 Å². The smallest absolute Gasteiger partial charge is 0.236 e. The molecule has 1 saturated heterocycles. The highest BCUT2D eigenvalue weighted by atomic mass is 16.2. The van der Waals surface area contributed by atoms with E-state index in [9.17, 15) is 4.79 Å². The van der Waals surface area contributed by atoms with E-state index < -0.39 is 0 Å². The third-order valence-electron chi connectivity index (χ3n) is 3.45. The van der Waals surface area contributed by atoms with Gasteiger partial charge < -0.3 is 10.2 Å². The summed E-state index contributed by atoms with van der Waals surface area (Å²) in [6, 6.07) is 2.38. The topological polar surface area (TPSA) is 50.2 Å². The molecule has 0 aliphatic carbocycles. The summed E-state index contributed by atoms with van der Waals surface area (Å²) in [4.78, 5) is 13.6. The van der Waals surface area contributed by atoms with Gasteiger partial charge in [-0.15, -0.1) is 0 Å².